The number of carbonyl (C=O) groups excluding carboxylic acids is 1. The molecular weight excluding hydrogens is 528 g/mol. The van der Waals surface area contributed by atoms with E-state index in [1.165, 1.54) is 12.1 Å². The van der Waals surface area contributed by atoms with Gasteiger partial charge in [0.05, 0.1) is 15.5 Å². The van der Waals surface area contributed by atoms with Gasteiger partial charge in [0.1, 0.15) is 5.69 Å². The van der Waals surface area contributed by atoms with Gasteiger partial charge in [-0.15, -0.1) is 11.3 Å². The maximum Gasteiger partial charge on any atom is 0.262 e. The van der Waals surface area contributed by atoms with Crippen molar-refractivity contribution in [2.75, 3.05) is 10.0 Å². The third kappa shape index (κ3) is 6.17. The molecule has 0 atom stereocenters. The molecule has 0 aliphatic heterocycles. The van der Waals surface area contributed by atoms with E-state index in [2.05, 4.69) is 10.0 Å². The monoisotopic (exact) mass is 554 g/mol. The van der Waals surface area contributed by atoms with Crippen molar-refractivity contribution in [2.24, 2.45) is 0 Å². The van der Waals surface area contributed by atoms with Crippen molar-refractivity contribution in [3.8, 4) is 16.3 Å². The highest BCUT2D eigenvalue weighted by Crippen LogP contribution is 2.29. The lowest BCUT2D eigenvalue weighted by Gasteiger charge is -2.12. The van der Waals surface area contributed by atoms with Gasteiger partial charge in [-0.2, -0.15) is 5.10 Å². The number of anilines is 2. The molecule has 0 spiro atoms. The fourth-order valence-corrected chi connectivity index (χ4v) is 6.11. The summed E-state index contributed by atoms with van der Waals surface area (Å²) < 4.78 is 30.6. The maximum atomic E-state index is 13.1. The highest BCUT2D eigenvalue weighted by atomic mass is 32.2. The van der Waals surface area contributed by atoms with Crippen LogP contribution in [0.25, 0.3) is 22.3 Å². The Labute approximate surface area is 231 Å². The number of aryl methyl sites for hydroxylation is 2. The molecule has 0 fully saturated rings. The third-order valence-corrected chi connectivity index (χ3v) is 8.35. The van der Waals surface area contributed by atoms with Crippen LogP contribution in [-0.4, -0.2) is 24.1 Å². The summed E-state index contributed by atoms with van der Waals surface area (Å²) in [5, 5.41) is 9.50. The van der Waals surface area contributed by atoms with Crippen molar-refractivity contribution in [2.45, 2.75) is 18.7 Å². The van der Waals surface area contributed by atoms with Crippen LogP contribution in [0.1, 0.15) is 16.7 Å². The van der Waals surface area contributed by atoms with Gasteiger partial charge < -0.3 is 5.32 Å². The van der Waals surface area contributed by atoms with E-state index >= 15 is 0 Å². The molecule has 0 unspecified atom stereocenters. The number of carbonyl (C=O) groups is 1. The van der Waals surface area contributed by atoms with Gasteiger partial charge in [0.25, 0.3) is 10.0 Å². The molecule has 0 aliphatic carbocycles. The number of hydrogen-bond donors (Lipinski definition) is 2. The second kappa shape index (κ2) is 11.1. The van der Waals surface area contributed by atoms with E-state index in [1.807, 2.05) is 67.0 Å². The summed E-state index contributed by atoms with van der Waals surface area (Å²) in [6, 6.07) is 25.6. The predicted octanol–water partition coefficient (Wildman–Crippen LogP) is 6.67. The van der Waals surface area contributed by atoms with Crippen LogP contribution in [0, 0.1) is 13.8 Å². The van der Waals surface area contributed by atoms with Crippen molar-refractivity contribution in [3.63, 3.8) is 0 Å². The lowest BCUT2D eigenvalue weighted by molar-refractivity contribution is -0.111. The van der Waals surface area contributed by atoms with Gasteiger partial charge in [0.15, 0.2) is 0 Å². The average Bonchev–Trinajstić information content (AvgIpc) is 3.59. The molecule has 0 saturated heterocycles. The minimum Gasteiger partial charge on any atom is -0.322 e. The molecule has 5 rings (SSSR count). The normalized spacial score (nSPS) is 11.5. The zero-order valence-corrected chi connectivity index (χ0v) is 23.0. The smallest absolute Gasteiger partial charge is 0.262 e. The molecule has 0 saturated carbocycles. The van der Waals surface area contributed by atoms with Crippen LogP contribution in [0.4, 0.5) is 11.4 Å². The quantitative estimate of drug-likeness (QED) is 0.210. The van der Waals surface area contributed by atoms with Crippen LogP contribution in [0.15, 0.2) is 107 Å². The summed E-state index contributed by atoms with van der Waals surface area (Å²) in [4.78, 5) is 13.9. The minimum atomic E-state index is -3.86. The summed E-state index contributed by atoms with van der Waals surface area (Å²) in [5.41, 5.74) is 4.82. The number of benzene rings is 3. The zero-order chi connectivity index (χ0) is 27.4. The minimum absolute atomic E-state index is 0.0925. The first-order valence-corrected chi connectivity index (χ1v) is 14.5. The van der Waals surface area contributed by atoms with Gasteiger partial charge in [-0.25, -0.2) is 13.1 Å². The molecule has 0 bridgehead atoms. The molecule has 5 aromatic rings. The SMILES string of the molecule is Cc1cccc(NS(=O)(=O)c2cc(NC(=O)/C=C/c3cn(-c4ccccc4)nc3-c3cccs3)ccc2C)c1. The molecule has 1 amide bonds. The summed E-state index contributed by atoms with van der Waals surface area (Å²) in [5.74, 6) is -0.390. The first-order valence-electron chi connectivity index (χ1n) is 12.2. The molecule has 0 aliphatic rings. The lowest BCUT2D eigenvalue weighted by Crippen LogP contribution is -2.15. The van der Waals surface area contributed by atoms with Crippen molar-refractivity contribution in [1.82, 2.24) is 9.78 Å². The Morgan fingerprint density at radius 3 is 2.49 bits per heavy atom. The van der Waals surface area contributed by atoms with E-state index in [0.717, 1.165) is 27.4 Å². The van der Waals surface area contributed by atoms with E-state index < -0.39 is 15.9 Å². The third-order valence-electron chi connectivity index (χ3n) is 5.95. The summed E-state index contributed by atoms with van der Waals surface area (Å²) in [6.07, 6.45) is 5.01. The van der Waals surface area contributed by atoms with Crippen LogP contribution in [-0.2, 0) is 14.8 Å². The number of thiophene rings is 1. The summed E-state index contributed by atoms with van der Waals surface area (Å²) in [6.45, 7) is 3.61. The Balaban J connectivity index is 1.37. The molecule has 3 aromatic carbocycles. The van der Waals surface area contributed by atoms with E-state index in [9.17, 15) is 13.2 Å². The number of amides is 1. The van der Waals surface area contributed by atoms with Crippen molar-refractivity contribution in [1.29, 1.82) is 0 Å². The van der Waals surface area contributed by atoms with Crippen molar-refractivity contribution < 1.29 is 13.2 Å². The number of rotatable bonds is 8. The van der Waals surface area contributed by atoms with Gasteiger partial charge >= 0.3 is 0 Å². The van der Waals surface area contributed by atoms with Crippen LogP contribution < -0.4 is 10.0 Å². The second-order valence-electron chi connectivity index (χ2n) is 8.97. The Hall–Kier alpha value is -4.47. The van der Waals surface area contributed by atoms with Crippen molar-refractivity contribution >= 4 is 44.7 Å². The largest absolute Gasteiger partial charge is 0.322 e. The number of nitrogens with one attached hydrogen (secondary N) is 2. The molecular formula is C30H26N4O3S2. The van der Waals surface area contributed by atoms with Gasteiger partial charge in [-0.1, -0.05) is 42.5 Å². The van der Waals surface area contributed by atoms with Gasteiger partial charge in [-0.05, 0) is 78.9 Å². The van der Waals surface area contributed by atoms with E-state index in [-0.39, 0.29) is 4.90 Å². The fourth-order valence-electron chi connectivity index (χ4n) is 4.06. The number of hydrogen-bond acceptors (Lipinski definition) is 5. The maximum absolute atomic E-state index is 13.1. The first kappa shape index (κ1) is 26.1. The Bertz CT molecular complexity index is 1760. The molecule has 2 aromatic heterocycles. The van der Waals surface area contributed by atoms with Crippen molar-refractivity contribution in [3.05, 3.63) is 119 Å². The number of sulfonamides is 1. The van der Waals surface area contributed by atoms with E-state index in [1.54, 1.807) is 59.4 Å². The summed E-state index contributed by atoms with van der Waals surface area (Å²) in [7, 11) is -3.86. The van der Waals surface area contributed by atoms with Gasteiger partial charge in [0, 0.05) is 29.2 Å². The molecule has 39 heavy (non-hydrogen) atoms. The molecule has 196 valence electrons. The standard InChI is InChI=1S/C30H26N4O3S2/c1-21-8-6-9-25(18-21)33-39(36,37)28-19-24(15-13-22(28)2)31-29(35)16-14-23-20-34(26-10-4-3-5-11-26)32-30(23)27-12-7-17-38-27/h3-20,33H,1-2H3,(H,31,35)/b16-14+. The highest BCUT2D eigenvalue weighted by molar-refractivity contribution is 7.92. The first-order chi connectivity index (χ1) is 18.8. The molecule has 2 N–H and O–H groups in total. The topological polar surface area (TPSA) is 93.1 Å². The zero-order valence-electron chi connectivity index (χ0n) is 21.3. The summed E-state index contributed by atoms with van der Waals surface area (Å²) >= 11 is 1.57. The fraction of sp³-hybridized carbons (Fsp3) is 0.0667. The number of para-hydroxylation sites is 1. The molecule has 2 heterocycles. The van der Waals surface area contributed by atoms with Crippen LogP contribution in [0.3, 0.4) is 0 Å². The van der Waals surface area contributed by atoms with Gasteiger partial charge in [0.2, 0.25) is 5.91 Å². The Kier molecular flexibility index (Phi) is 7.44. The Morgan fingerprint density at radius 1 is 0.923 bits per heavy atom. The number of aromatic nitrogens is 2. The number of nitrogens with zero attached hydrogens (tertiary/aromatic N) is 2. The Morgan fingerprint density at radius 2 is 1.74 bits per heavy atom. The van der Waals surface area contributed by atoms with Crippen LogP contribution in [0.2, 0.25) is 0 Å². The van der Waals surface area contributed by atoms with Gasteiger partial charge in [-0.3, -0.25) is 9.52 Å². The molecule has 0 radical (unpaired) electrons. The second-order valence-corrected chi connectivity index (χ2v) is 11.6. The molecule has 9 heteroatoms. The average molecular weight is 555 g/mol. The van der Waals surface area contributed by atoms with Crippen LogP contribution >= 0.6 is 11.3 Å². The lowest BCUT2D eigenvalue weighted by atomic mass is 10.2. The highest BCUT2D eigenvalue weighted by Gasteiger charge is 2.18. The van der Waals surface area contributed by atoms with E-state index in [4.69, 9.17) is 5.10 Å². The van der Waals surface area contributed by atoms with Crippen LogP contribution in [0.5, 0.6) is 0 Å². The van der Waals surface area contributed by atoms with E-state index in [0.29, 0.717) is 16.9 Å². The predicted molar refractivity (Wildman–Crippen MR) is 158 cm³/mol. The molecule has 7 nitrogen and oxygen atoms in total.